The van der Waals surface area contributed by atoms with Crippen LogP contribution in [-0.2, 0) is 14.6 Å². The standard InChI is InChI=1S/C15H12ClN3O4S/c16-10-3-1-4-11(9-10)17-14(20)7-8-24(21,22)13-6-2-5-12-15(13)19-23-18-12/h1-6,9H,7-8H2,(H,17,20). The predicted octanol–water partition coefficient (Wildman–Crippen LogP) is 2.68. The number of carbonyl (C=O) groups excluding carboxylic acids is 1. The Labute approximate surface area is 142 Å². The summed E-state index contributed by atoms with van der Waals surface area (Å²) in [6, 6.07) is 11.2. The smallest absolute Gasteiger partial charge is 0.225 e. The van der Waals surface area contributed by atoms with Gasteiger partial charge >= 0.3 is 0 Å². The van der Waals surface area contributed by atoms with Crippen molar-refractivity contribution in [1.29, 1.82) is 0 Å². The van der Waals surface area contributed by atoms with Crippen LogP contribution in [0.25, 0.3) is 11.0 Å². The summed E-state index contributed by atoms with van der Waals surface area (Å²) in [6.45, 7) is 0. The summed E-state index contributed by atoms with van der Waals surface area (Å²) in [5, 5.41) is 10.3. The first-order valence-electron chi connectivity index (χ1n) is 6.95. The Bertz CT molecular complexity index is 1000. The molecule has 9 heteroatoms. The monoisotopic (exact) mass is 365 g/mol. The zero-order chi connectivity index (χ0) is 17.2. The molecule has 2 aromatic carbocycles. The number of hydrogen-bond acceptors (Lipinski definition) is 6. The number of hydrogen-bond donors (Lipinski definition) is 1. The second-order valence-corrected chi connectivity index (χ2v) is 7.53. The van der Waals surface area contributed by atoms with Gasteiger partial charge in [-0.15, -0.1) is 0 Å². The van der Waals surface area contributed by atoms with E-state index in [2.05, 4.69) is 20.3 Å². The number of aromatic nitrogens is 2. The van der Waals surface area contributed by atoms with Gasteiger partial charge in [-0.05, 0) is 40.6 Å². The number of benzene rings is 2. The van der Waals surface area contributed by atoms with E-state index in [0.717, 1.165) is 0 Å². The molecule has 1 amide bonds. The molecule has 0 bridgehead atoms. The molecular weight excluding hydrogens is 354 g/mol. The molecule has 1 heterocycles. The minimum absolute atomic E-state index is 0.00296. The third-order valence-corrected chi connectivity index (χ3v) is 5.27. The lowest BCUT2D eigenvalue weighted by Gasteiger charge is -2.07. The van der Waals surface area contributed by atoms with Crippen molar-refractivity contribution in [1.82, 2.24) is 10.3 Å². The van der Waals surface area contributed by atoms with Gasteiger partial charge in [0.1, 0.15) is 5.52 Å². The molecule has 3 rings (SSSR count). The van der Waals surface area contributed by atoms with Crippen molar-refractivity contribution in [2.24, 2.45) is 0 Å². The van der Waals surface area contributed by atoms with Crippen LogP contribution in [0, 0.1) is 0 Å². The zero-order valence-electron chi connectivity index (χ0n) is 12.3. The van der Waals surface area contributed by atoms with Crippen LogP contribution < -0.4 is 5.32 Å². The zero-order valence-corrected chi connectivity index (χ0v) is 13.8. The number of amides is 1. The molecular formula is C15H12ClN3O4S. The maximum Gasteiger partial charge on any atom is 0.225 e. The van der Waals surface area contributed by atoms with E-state index in [-0.39, 0.29) is 22.6 Å². The molecule has 0 radical (unpaired) electrons. The number of halogens is 1. The highest BCUT2D eigenvalue weighted by molar-refractivity contribution is 7.91. The predicted molar refractivity (Wildman–Crippen MR) is 88.6 cm³/mol. The summed E-state index contributed by atoms with van der Waals surface area (Å²) in [6.07, 6.45) is -0.198. The van der Waals surface area contributed by atoms with Gasteiger partial charge in [0, 0.05) is 17.1 Å². The molecule has 7 nitrogen and oxygen atoms in total. The van der Waals surface area contributed by atoms with Crippen LogP contribution in [0.1, 0.15) is 6.42 Å². The Morgan fingerprint density at radius 2 is 1.96 bits per heavy atom. The van der Waals surface area contributed by atoms with Gasteiger partial charge in [-0.1, -0.05) is 23.7 Å². The molecule has 0 aliphatic heterocycles. The molecule has 0 aliphatic rings. The van der Waals surface area contributed by atoms with E-state index >= 15 is 0 Å². The van der Waals surface area contributed by atoms with Crippen molar-refractivity contribution in [3.05, 3.63) is 47.5 Å². The summed E-state index contributed by atoms with van der Waals surface area (Å²) in [4.78, 5) is 11.9. The number of nitrogens with one attached hydrogen (secondary N) is 1. The number of carbonyl (C=O) groups is 1. The number of sulfone groups is 1. The van der Waals surface area contributed by atoms with Crippen LogP contribution in [0.15, 0.2) is 52.0 Å². The molecule has 124 valence electrons. The molecule has 0 saturated carbocycles. The number of nitrogens with zero attached hydrogens (tertiary/aromatic N) is 2. The fourth-order valence-corrected chi connectivity index (χ4v) is 3.75. The van der Waals surface area contributed by atoms with Crippen molar-refractivity contribution < 1.29 is 17.8 Å². The molecule has 3 aromatic rings. The van der Waals surface area contributed by atoms with Crippen molar-refractivity contribution in [2.45, 2.75) is 11.3 Å². The second kappa shape index (κ2) is 6.58. The minimum Gasteiger partial charge on any atom is -0.326 e. The highest BCUT2D eigenvalue weighted by Gasteiger charge is 2.21. The number of anilines is 1. The molecule has 0 atom stereocenters. The van der Waals surface area contributed by atoms with E-state index in [1.54, 1.807) is 36.4 Å². The third-order valence-electron chi connectivity index (χ3n) is 3.29. The lowest BCUT2D eigenvalue weighted by molar-refractivity contribution is -0.115. The first kappa shape index (κ1) is 16.4. The fraction of sp³-hybridized carbons (Fsp3) is 0.133. The second-order valence-electron chi connectivity index (χ2n) is 5.02. The molecule has 0 spiro atoms. The molecule has 0 fully saturated rings. The first-order chi connectivity index (χ1) is 11.5. The highest BCUT2D eigenvalue weighted by Crippen LogP contribution is 2.21. The van der Waals surface area contributed by atoms with E-state index in [9.17, 15) is 13.2 Å². The average Bonchev–Trinajstić information content (AvgIpc) is 3.01. The minimum atomic E-state index is -3.70. The quantitative estimate of drug-likeness (QED) is 0.745. The average molecular weight is 366 g/mol. The largest absolute Gasteiger partial charge is 0.326 e. The van der Waals surface area contributed by atoms with E-state index in [4.69, 9.17) is 11.6 Å². The summed E-state index contributed by atoms with van der Waals surface area (Å²) in [5.74, 6) is -0.781. The molecule has 1 N–H and O–H groups in total. The number of rotatable bonds is 5. The molecule has 0 saturated heterocycles. The summed E-state index contributed by atoms with van der Waals surface area (Å²) < 4.78 is 29.4. The van der Waals surface area contributed by atoms with Crippen LogP contribution in [0.5, 0.6) is 0 Å². The van der Waals surface area contributed by atoms with Crippen LogP contribution in [0.2, 0.25) is 5.02 Å². The Balaban J connectivity index is 1.71. The van der Waals surface area contributed by atoms with E-state index in [1.165, 1.54) is 6.07 Å². The summed E-state index contributed by atoms with van der Waals surface area (Å²) in [7, 11) is -3.70. The highest BCUT2D eigenvalue weighted by atomic mass is 35.5. The first-order valence-corrected chi connectivity index (χ1v) is 8.98. The van der Waals surface area contributed by atoms with Gasteiger partial charge in [-0.3, -0.25) is 4.79 Å². The maximum atomic E-state index is 12.4. The van der Waals surface area contributed by atoms with Crippen LogP contribution in [-0.4, -0.2) is 30.4 Å². The van der Waals surface area contributed by atoms with Gasteiger partial charge < -0.3 is 5.32 Å². The lowest BCUT2D eigenvalue weighted by atomic mass is 10.3. The van der Waals surface area contributed by atoms with E-state index in [1.807, 2.05) is 0 Å². The van der Waals surface area contributed by atoms with Gasteiger partial charge in [0.25, 0.3) is 0 Å². The summed E-state index contributed by atoms with van der Waals surface area (Å²) in [5.41, 5.74) is 1.01. The van der Waals surface area contributed by atoms with Gasteiger partial charge in [0.05, 0.1) is 10.6 Å². The Kier molecular flexibility index (Phi) is 4.50. The van der Waals surface area contributed by atoms with Crippen LogP contribution in [0.4, 0.5) is 5.69 Å². The lowest BCUT2D eigenvalue weighted by Crippen LogP contribution is -2.17. The normalized spacial score (nSPS) is 11.5. The molecule has 0 aliphatic carbocycles. The summed E-state index contributed by atoms with van der Waals surface area (Å²) >= 11 is 5.83. The van der Waals surface area contributed by atoms with E-state index in [0.29, 0.717) is 16.2 Å². The van der Waals surface area contributed by atoms with Crippen molar-refractivity contribution in [3.8, 4) is 0 Å². The SMILES string of the molecule is O=C(CCS(=O)(=O)c1cccc2nonc12)Nc1cccc(Cl)c1. The Morgan fingerprint density at radius 3 is 2.75 bits per heavy atom. The Hall–Kier alpha value is -2.45. The fourth-order valence-electron chi connectivity index (χ4n) is 2.16. The molecule has 0 unspecified atom stereocenters. The van der Waals surface area contributed by atoms with Crippen molar-refractivity contribution in [2.75, 3.05) is 11.1 Å². The van der Waals surface area contributed by atoms with Crippen LogP contribution >= 0.6 is 11.6 Å². The van der Waals surface area contributed by atoms with Gasteiger partial charge in [-0.25, -0.2) is 13.0 Å². The van der Waals surface area contributed by atoms with Crippen LogP contribution in [0.3, 0.4) is 0 Å². The molecule has 1 aromatic heterocycles. The van der Waals surface area contributed by atoms with Gasteiger partial charge in [0.15, 0.2) is 15.4 Å². The van der Waals surface area contributed by atoms with Gasteiger partial charge in [-0.2, -0.15) is 0 Å². The molecule has 24 heavy (non-hydrogen) atoms. The Morgan fingerprint density at radius 1 is 1.17 bits per heavy atom. The van der Waals surface area contributed by atoms with Crippen molar-refractivity contribution in [3.63, 3.8) is 0 Å². The van der Waals surface area contributed by atoms with E-state index < -0.39 is 15.7 Å². The topological polar surface area (TPSA) is 102 Å². The van der Waals surface area contributed by atoms with Crippen molar-refractivity contribution >= 4 is 44.1 Å². The number of fused-ring (bicyclic) bond motifs is 1. The third kappa shape index (κ3) is 3.55. The van der Waals surface area contributed by atoms with Gasteiger partial charge in [0.2, 0.25) is 5.91 Å². The maximum absolute atomic E-state index is 12.4.